The van der Waals surface area contributed by atoms with E-state index in [9.17, 15) is 13.2 Å². The van der Waals surface area contributed by atoms with E-state index in [-0.39, 0.29) is 24.2 Å². The van der Waals surface area contributed by atoms with Crippen molar-refractivity contribution in [3.63, 3.8) is 0 Å². The van der Waals surface area contributed by atoms with Crippen LogP contribution in [0.1, 0.15) is 24.0 Å². The lowest BCUT2D eigenvalue weighted by Crippen LogP contribution is -2.42. The Balaban J connectivity index is 1.92. The number of sulfonamides is 1. The standard InChI is InChI=1S/C17H26N2O4S/c1-13-4-5-14(2)16(12-13)18-17(20)15-6-8-19(9-7-15)24(21,22)11-10-23-3/h4-5,12,15H,6-11H2,1-3H3,(H,18,20). The van der Waals surface area contributed by atoms with Crippen LogP contribution in [-0.2, 0) is 19.6 Å². The van der Waals surface area contributed by atoms with E-state index in [0.29, 0.717) is 25.9 Å². The summed E-state index contributed by atoms with van der Waals surface area (Å²) < 4.78 is 30.6. The van der Waals surface area contributed by atoms with Crippen LogP contribution in [0.3, 0.4) is 0 Å². The number of aryl methyl sites for hydroxylation is 2. The molecule has 1 aromatic rings. The number of methoxy groups -OCH3 is 1. The van der Waals surface area contributed by atoms with Gasteiger partial charge in [-0.15, -0.1) is 0 Å². The van der Waals surface area contributed by atoms with Gasteiger partial charge in [-0.25, -0.2) is 12.7 Å². The molecule has 0 bridgehead atoms. The second kappa shape index (κ2) is 8.09. The van der Waals surface area contributed by atoms with Crippen molar-refractivity contribution >= 4 is 21.6 Å². The Kier molecular flexibility index (Phi) is 6.37. The second-order valence-electron chi connectivity index (χ2n) is 6.29. The smallest absolute Gasteiger partial charge is 0.227 e. The van der Waals surface area contributed by atoms with Crippen LogP contribution < -0.4 is 5.32 Å². The lowest BCUT2D eigenvalue weighted by molar-refractivity contribution is -0.120. The van der Waals surface area contributed by atoms with Crippen molar-refractivity contribution in [2.24, 2.45) is 5.92 Å². The number of hydrogen-bond acceptors (Lipinski definition) is 4. The van der Waals surface area contributed by atoms with Gasteiger partial charge in [-0.3, -0.25) is 4.79 Å². The summed E-state index contributed by atoms with van der Waals surface area (Å²) in [5.41, 5.74) is 2.94. The highest BCUT2D eigenvalue weighted by Gasteiger charge is 2.30. The molecule has 1 aliphatic rings. The van der Waals surface area contributed by atoms with Crippen LogP contribution in [0.4, 0.5) is 5.69 Å². The van der Waals surface area contributed by atoms with Crippen LogP contribution in [-0.4, -0.2) is 51.2 Å². The number of benzene rings is 1. The average molecular weight is 354 g/mol. The van der Waals surface area contributed by atoms with Crippen molar-refractivity contribution in [2.45, 2.75) is 26.7 Å². The molecule has 0 atom stereocenters. The van der Waals surface area contributed by atoms with Crippen LogP contribution in [0.15, 0.2) is 18.2 Å². The number of piperidine rings is 1. The van der Waals surface area contributed by atoms with Gasteiger partial charge in [-0.2, -0.15) is 0 Å². The number of carbonyl (C=O) groups is 1. The molecule has 1 N–H and O–H groups in total. The lowest BCUT2D eigenvalue weighted by Gasteiger charge is -2.30. The van der Waals surface area contributed by atoms with Gasteiger partial charge in [0.2, 0.25) is 15.9 Å². The average Bonchev–Trinajstić information content (AvgIpc) is 2.56. The van der Waals surface area contributed by atoms with Crippen LogP contribution in [0.2, 0.25) is 0 Å². The first-order chi connectivity index (χ1) is 11.3. The Morgan fingerprint density at radius 3 is 2.58 bits per heavy atom. The minimum atomic E-state index is -3.29. The zero-order valence-electron chi connectivity index (χ0n) is 14.5. The van der Waals surface area contributed by atoms with Crippen molar-refractivity contribution in [3.8, 4) is 0 Å². The molecular formula is C17H26N2O4S. The van der Waals surface area contributed by atoms with E-state index in [0.717, 1.165) is 16.8 Å². The molecule has 1 heterocycles. The van der Waals surface area contributed by atoms with Gasteiger partial charge in [0.1, 0.15) is 0 Å². The predicted molar refractivity (Wildman–Crippen MR) is 94.5 cm³/mol. The largest absolute Gasteiger partial charge is 0.384 e. The third-order valence-corrected chi connectivity index (χ3v) is 6.25. The molecule has 0 saturated carbocycles. The van der Waals surface area contributed by atoms with Gasteiger partial charge in [0.05, 0.1) is 12.4 Å². The monoisotopic (exact) mass is 354 g/mol. The summed E-state index contributed by atoms with van der Waals surface area (Å²) in [6, 6.07) is 5.95. The van der Waals surface area contributed by atoms with Gasteiger partial charge in [-0.1, -0.05) is 12.1 Å². The molecular weight excluding hydrogens is 328 g/mol. The first-order valence-electron chi connectivity index (χ1n) is 8.18. The summed E-state index contributed by atoms with van der Waals surface area (Å²) in [6.07, 6.45) is 1.09. The molecule has 1 saturated heterocycles. The van der Waals surface area contributed by atoms with Crippen LogP contribution in [0.25, 0.3) is 0 Å². The first kappa shape index (κ1) is 18.9. The van der Waals surface area contributed by atoms with Crippen LogP contribution in [0, 0.1) is 19.8 Å². The number of anilines is 1. The van der Waals surface area contributed by atoms with Gasteiger partial charge in [0, 0.05) is 31.8 Å². The van der Waals surface area contributed by atoms with Crippen LogP contribution in [0.5, 0.6) is 0 Å². The summed E-state index contributed by atoms with van der Waals surface area (Å²) in [6.45, 7) is 4.90. The number of carbonyl (C=O) groups excluding carboxylic acids is 1. The number of hydrogen-bond donors (Lipinski definition) is 1. The molecule has 1 aromatic carbocycles. The maximum atomic E-state index is 12.5. The SMILES string of the molecule is COCCS(=O)(=O)N1CCC(C(=O)Nc2cc(C)ccc2C)CC1. The van der Waals surface area contributed by atoms with E-state index in [1.54, 1.807) is 0 Å². The predicted octanol–water partition coefficient (Wildman–Crippen LogP) is 1.93. The van der Waals surface area contributed by atoms with E-state index in [1.165, 1.54) is 11.4 Å². The molecule has 134 valence electrons. The van der Waals surface area contributed by atoms with Gasteiger partial charge in [0.25, 0.3) is 0 Å². The van der Waals surface area contributed by atoms with Gasteiger partial charge >= 0.3 is 0 Å². The molecule has 24 heavy (non-hydrogen) atoms. The van der Waals surface area contributed by atoms with E-state index < -0.39 is 10.0 Å². The third kappa shape index (κ3) is 4.78. The van der Waals surface area contributed by atoms with E-state index >= 15 is 0 Å². The molecule has 1 amide bonds. The van der Waals surface area contributed by atoms with Gasteiger partial charge < -0.3 is 10.1 Å². The number of nitrogens with zero attached hydrogens (tertiary/aromatic N) is 1. The summed E-state index contributed by atoms with van der Waals surface area (Å²) in [7, 11) is -1.80. The minimum Gasteiger partial charge on any atom is -0.384 e. The van der Waals surface area contributed by atoms with Crippen LogP contribution >= 0.6 is 0 Å². The minimum absolute atomic E-state index is 0.0111. The van der Waals surface area contributed by atoms with Crippen molar-refractivity contribution in [1.29, 1.82) is 0 Å². The second-order valence-corrected chi connectivity index (χ2v) is 8.38. The molecule has 1 aliphatic heterocycles. The fourth-order valence-electron chi connectivity index (χ4n) is 2.82. The van der Waals surface area contributed by atoms with E-state index in [1.807, 2.05) is 32.0 Å². The fourth-order valence-corrected chi connectivity index (χ4v) is 4.22. The normalized spacial score (nSPS) is 17.0. The fraction of sp³-hybridized carbons (Fsp3) is 0.588. The number of nitrogens with one attached hydrogen (secondary N) is 1. The maximum Gasteiger partial charge on any atom is 0.227 e. The van der Waals surface area contributed by atoms with E-state index in [4.69, 9.17) is 4.74 Å². The molecule has 7 heteroatoms. The summed E-state index contributed by atoms with van der Waals surface area (Å²) in [4.78, 5) is 12.5. The topological polar surface area (TPSA) is 75.7 Å². The summed E-state index contributed by atoms with van der Waals surface area (Å²) >= 11 is 0. The number of amides is 1. The highest BCUT2D eigenvalue weighted by Crippen LogP contribution is 2.23. The quantitative estimate of drug-likeness (QED) is 0.847. The zero-order chi connectivity index (χ0) is 17.7. The first-order valence-corrected chi connectivity index (χ1v) is 9.79. The van der Waals surface area contributed by atoms with Crippen molar-refractivity contribution < 1.29 is 17.9 Å². The summed E-state index contributed by atoms with van der Waals surface area (Å²) in [5.74, 6) is -0.195. The lowest BCUT2D eigenvalue weighted by atomic mass is 9.97. The van der Waals surface area contributed by atoms with Gasteiger partial charge in [-0.05, 0) is 43.9 Å². The molecule has 1 fully saturated rings. The highest BCUT2D eigenvalue weighted by molar-refractivity contribution is 7.89. The number of ether oxygens (including phenoxy) is 1. The molecule has 0 spiro atoms. The molecule has 0 aromatic heterocycles. The molecule has 6 nitrogen and oxygen atoms in total. The maximum absolute atomic E-state index is 12.5. The van der Waals surface area contributed by atoms with Crippen molar-refractivity contribution in [2.75, 3.05) is 37.9 Å². The van der Waals surface area contributed by atoms with Gasteiger partial charge in [0.15, 0.2) is 0 Å². The Morgan fingerprint density at radius 2 is 1.96 bits per heavy atom. The molecule has 0 radical (unpaired) electrons. The molecule has 0 unspecified atom stereocenters. The summed E-state index contributed by atoms with van der Waals surface area (Å²) in [5, 5.41) is 2.98. The Morgan fingerprint density at radius 1 is 1.29 bits per heavy atom. The highest BCUT2D eigenvalue weighted by atomic mass is 32.2. The number of rotatable bonds is 6. The van der Waals surface area contributed by atoms with Crippen molar-refractivity contribution in [1.82, 2.24) is 4.31 Å². The Hall–Kier alpha value is -1.44. The zero-order valence-corrected chi connectivity index (χ0v) is 15.4. The van der Waals surface area contributed by atoms with Crippen molar-refractivity contribution in [3.05, 3.63) is 29.3 Å². The molecule has 2 rings (SSSR count). The Labute approximate surface area is 144 Å². The third-order valence-electron chi connectivity index (χ3n) is 4.41. The van der Waals surface area contributed by atoms with E-state index in [2.05, 4.69) is 5.32 Å². The molecule has 0 aliphatic carbocycles. The Bertz CT molecular complexity index is 680.